The number of nitrogens with zero attached hydrogens (tertiary/aromatic N) is 1. The number of aliphatic hydroxyl groups is 1. The van der Waals surface area contributed by atoms with E-state index in [0.29, 0.717) is 16.7 Å². The number of aromatic nitrogens is 1. The summed E-state index contributed by atoms with van der Waals surface area (Å²) in [6.45, 7) is 5.12. The molecule has 0 radical (unpaired) electrons. The third kappa shape index (κ3) is 2.30. The lowest BCUT2D eigenvalue weighted by Crippen LogP contribution is -2.50. The van der Waals surface area contributed by atoms with E-state index < -0.39 is 0 Å². The molecule has 4 aliphatic rings. The van der Waals surface area contributed by atoms with E-state index in [-0.39, 0.29) is 6.10 Å². The first-order valence-electron chi connectivity index (χ1n) is 10.8. The second-order valence-corrected chi connectivity index (χ2v) is 10.1. The average Bonchev–Trinajstić information content (AvgIpc) is 3.00. The van der Waals surface area contributed by atoms with E-state index in [2.05, 4.69) is 37.0 Å². The molecule has 3 saturated carbocycles. The van der Waals surface area contributed by atoms with Gasteiger partial charge in [-0.25, -0.2) is 0 Å². The summed E-state index contributed by atoms with van der Waals surface area (Å²) >= 11 is 0. The highest BCUT2D eigenvalue weighted by Gasteiger charge is 2.58. The first-order chi connectivity index (χ1) is 12.5. The number of fused-ring (bicyclic) bond motifs is 5. The van der Waals surface area contributed by atoms with Gasteiger partial charge in [0.2, 0.25) is 0 Å². The highest BCUT2D eigenvalue weighted by Crippen LogP contribution is 2.67. The number of aliphatic hydroxyl groups excluding tert-OH is 1. The highest BCUT2D eigenvalue weighted by atomic mass is 16.3. The van der Waals surface area contributed by atoms with Gasteiger partial charge < -0.3 is 5.11 Å². The van der Waals surface area contributed by atoms with Crippen LogP contribution in [-0.2, 0) is 0 Å². The van der Waals surface area contributed by atoms with Crippen LogP contribution in [0.1, 0.15) is 76.7 Å². The minimum absolute atomic E-state index is 0.0951. The molecule has 7 atom stereocenters. The average molecular weight is 352 g/mol. The van der Waals surface area contributed by atoms with Gasteiger partial charge in [0, 0.05) is 12.4 Å². The zero-order valence-electron chi connectivity index (χ0n) is 16.3. The number of pyridine rings is 1. The molecule has 0 amide bonds. The molecule has 0 aliphatic heterocycles. The van der Waals surface area contributed by atoms with E-state index in [1.807, 2.05) is 12.4 Å². The van der Waals surface area contributed by atoms with Gasteiger partial charge in [0.25, 0.3) is 0 Å². The van der Waals surface area contributed by atoms with Crippen LogP contribution in [-0.4, -0.2) is 16.2 Å². The van der Waals surface area contributed by atoms with Crippen molar-refractivity contribution in [1.29, 1.82) is 0 Å². The monoisotopic (exact) mass is 351 g/mol. The third-order valence-corrected chi connectivity index (χ3v) is 9.19. The van der Waals surface area contributed by atoms with Crippen molar-refractivity contribution >= 4 is 0 Å². The van der Waals surface area contributed by atoms with Gasteiger partial charge in [-0.15, -0.1) is 0 Å². The van der Waals surface area contributed by atoms with Gasteiger partial charge in [-0.2, -0.15) is 0 Å². The Morgan fingerprint density at radius 1 is 1.00 bits per heavy atom. The van der Waals surface area contributed by atoms with E-state index in [1.54, 1.807) is 5.57 Å². The smallest absolute Gasteiger partial charge is 0.0577 e. The van der Waals surface area contributed by atoms with E-state index in [4.69, 9.17) is 0 Å². The largest absolute Gasteiger partial charge is 0.393 e. The summed E-state index contributed by atoms with van der Waals surface area (Å²) < 4.78 is 0. The highest BCUT2D eigenvalue weighted by molar-refractivity contribution is 5.28. The zero-order valence-corrected chi connectivity index (χ0v) is 16.3. The molecule has 26 heavy (non-hydrogen) atoms. The third-order valence-electron chi connectivity index (χ3n) is 9.19. The first-order valence-corrected chi connectivity index (χ1v) is 10.8. The van der Waals surface area contributed by atoms with Gasteiger partial charge in [0.1, 0.15) is 0 Å². The van der Waals surface area contributed by atoms with Crippen molar-refractivity contribution in [2.45, 2.75) is 77.2 Å². The Kier molecular flexibility index (Phi) is 3.87. The lowest BCUT2D eigenvalue weighted by atomic mass is 9.47. The fourth-order valence-corrected chi connectivity index (χ4v) is 7.79. The van der Waals surface area contributed by atoms with Crippen LogP contribution >= 0.6 is 0 Å². The molecule has 5 rings (SSSR count). The standard InChI is InChI=1S/C24H33NO/c1-23-11-7-18(26)15-17(23)3-4-19-21-6-5-20(16-9-13-25-14-10-16)24(21,2)12-8-22(19)23/h3,9-10,13-14,18-22,26H,4-8,11-12,15H2,1-2H3/t18-,19-,20+,21-,22-,23-,24+/m0/s1. The summed E-state index contributed by atoms with van der Waals surface area (Å²) in [6.07, 6.45) is 16.3. The van der Waals surface area contributed by atoms with Crippen LogP contribution in [0.5, 0.6) is 0 Å². The number of hydrogen-bond acceptors (Lipinski definition) is 2. The molecule has 140 valence electrons. The number of hydrogen-bond donors (Lipinski definition) is 1. The maximum atomic E-state index is 10.2. The van der Waals surface area contributed by atoms with Crippen LogP contribution in [0, 0.1) is 28.6 Å². The molecular weight excluding hydrogens is 318 g/mol. The second kappa shape index (κ2) is 5.92. The fourth-order valence-electron chi connectivity index (χ4n) is 7.79. The molecule has 2 heteroatoms. The zero-order chi connectivity index (χ0) is 17.9. The first kappa shape index (κ1) is 17.0. The molecule has 2 nitrogen and oxygen atoms in total. The Balaban J connectivity index is 1.47. The number of rotatable bonds is 1. The molecule has 0 saturated heterocycles. The van der Waals surface area contributed by atoms with Crippen LogP contribution in [0.4, 0.5) is 0 Å². The molecule has 3 fully saturated rings. The fraction of sp³-hybridized carbons (Fsp3) is 0.708. The Morgan fingerprint density at radius 2 is 1.81 bits per heavy atom. The van der Waals surface area contributed by atoms with Gasteiger partial charge in [0.05, 0.1) is 6.10 Å². The molecule has 1 aromatic heterocycles. The predicted molar refractivity (Wildman–Crippen MR) is 105 cm³/mol. The van der Waals surface area contributed by atoms with E-state index in [9.17, 15) is 5.11 Å². The Labute approximate surface area is 158 Å². The summed E-state index contributed by atoms with van der Waals surface area (Å²) in [5, 5.41) is 10.2. The molecule has 0 unspecified atom stereocenters. The minimum atomic E-state index is -0.0951. The predicted octanol–water partition coefficient (Wildman–Crippen LogP) is 5.49. The van der Waals surface area contributed by atoms with E-state index >= 15 is 0 Å². The van der Waals surface area contributed by atoms with E-state index in [0.717, 1.165) is 30.6 Å². The Hall–Kier alpha value is -1.15. The summed E-state index contributed by atoms with van der Waals surface area (Å²) in [6, 6.07) is 4.51. The summed E-state index contributed by atoms with van der Waals surface area (Å²) in [7, 11) is 0. The van der Waals surface area contributed by atoms with Crippen molar-refractivity contribution in [2.24, 2.45) is 28.6 Å². The molecule has 1 aromatic rings. The van der Waals surface area contributed by atoms with Crippen molar-refractivity contribution in [2.75, 3.05) is 0 Å². The molecule has 4 aliphatic carbocycles. The molecule has 0 spiro atoms. The Morgan fingerprint density at radius 3 is 2.62 bits per heavy atom. The van der Waals surface area contributed by atoms with E-state index in [1.165, 1.54) is 44.1 Å². The van der Waals surface area contributed by atoms with Gasteiger partial charge in [-0.1, -0.05) is 25.5 Å². The van der Waals surface area contributed by atoms with Crippen molar-refractivity contribution in [1.82, 2.24) is 4.98 Å². The van der Waals surface area contributed by atoms with Crippen LogP contribution in [0.2, 0.25) is 0 Å². The lowest BCUT2D eigenvalue weighted by molar-refractivity contribution is -0.0409. The number of allylic oxidation sites excluding steroid dienone is 1. The Bertz CT molecular complexity index is 712. The molecule has 1 N–H and O–H groups in total. The lowest BCUT2D eigenvalue weighted by Gasteiger charge is -2.58. The minimum Gasteiger partial charge on any atom is -0.393 e. The maximum absolute atomic E-state index is 10.2. The molecule has 1 heterocycles. The molecule has 0 aromatic carbocycles. The summed E-state index contributed by atoms with van der Waals surface area (Å²) in [4.78, 5) is 4.24. The van der Waals surface area contributed by atoms with Crippen LogP contribution in [0.3, 0.4) is 0 Å². The summed E-state index contributed by atoms with van der Waals surface area (Å²) in [5.41, 5.74) is 3.92. The van der Waals surface area contributed by atoms with Crippen LogP contribution in [0.25, 0.3) is 0 Å². The normalized spacial score (nSPS) is 47.5. The van der Waals surface area contributed by atoms with Gasteiger partial charge in [-0.05, 0) is 104 Å². The van der Waals surface area contributed by atoms with Crippen LogP contribution < -0.4 is 0 Å². The molecule has 0 bridgehead atoms. The van der Waals surface area contributed by atoms with Gasteiger partial charge in [0.15, 0.2) is 0 Å². The van der Waals surface area contributed by atoms with Crippen LogP contribution in [0.15, 0.2) is 36.2 Å². The topological polar surface area (TPSA) is 33.1 Å². The second-order valence-electron chi connectivity index (χ2n) is 10.1. The van der Waals surface area contributed by atoms with Crippen molar-refractivity contribution in [3.05, 3.63) is 41.7 Å². The van der Waals surface area contributed by atoms with Crippen molar-refractivity contribution < 1.29 is 5.11 Å². The molecular formula is C24H33NO. The quantitative estimate of drug-likeness (QED) is 0.679. The van der Waals surface area contributed by atoms with Crippen molar-refractivity contribution in [3.8, 4) is 0 Å². The summed E-state index contributed by atoms with van der Waals surface area (Å²) in [5.74, 6) is 3.26. The van der Waals surface area contributed by atoms with Gasteiger partial charge >= 0.3 is 0 Å². The van der Waals surface area contributed by atoms with Gasteiger partial charge in [-0.3, -0.25) is 4.98 Å². The maximum Gasteiger partial charge on any atom is 0.0577 e. The van der Waals surface area contributed by atoms with Crippen molar-refractivity contribution in [3.63, 3.8) is 0 Å². The SMILES string of the molecule is C[C@]12CC[C@H]3[C@@H](CC=C4C[C@@H](O)CC[C@@]43C)[C@@H]1CC[C@@H]2c1ccncc1.